The molecule has 2 N–H and O–H groups in total. The van der Waals surface area contributed by atoms with Crippen molar-refractivity contribution in [3.8, 4) is 11.5 Å². The van der Waals surface area contributed by atoms with Crippen molar-refractivity contribution in [2.45, 2.75) is 13.0 Å². The number of fused-ring (bicyclic) bond motifs is 1. The molecule has 4 rings (SSSR count). The molecule has 1 heterocycles. The van der Waals surface area contributed by atoms with Crippen LogP contribution in [-0.2, 0) is 23.9 Å². The number of esters is 2. The normalized spacial score (nSPS) is 12.6. The van der Waals surface area contributed by atoms with Gasteiger partial charge in [0.1, 0.15) is 17.5 Å². The van der Waals surface area contributed by atoms with E-state index in [2.05, 4.69) is 10.6 Å². The molecule has 1 aliphatic heterocycles. The maximum atomic E-state index is 13.1. The molecule has 1 unspecified atom stereocenters. The van der Waals surface area contributed by atoms with Gasteiger partial charge in [-0.3, -0.25) is 24.1 Å². The number of hydrogen-bond donors (Lipinski definition) is 2. The number of imide groups is 1. The second-order valence-corrected chi connectivity index (χ2v) is 9.15. The van der Waals surface area contributed by atoms with Crippen molar-refractivity contribution in [3.63, 3.8) is 0 Å². The van der Waals surface area contributed by atoms with E-state index in [0.717, 1.165) is 6.07 Å². The summed E-state index contributed by atoms with van der Waals surface area (Å²) in [7, 11) is 3.01. The van der Waals surface area contributed by atoms with Crippen LogP contribution in [-0.4, -0.2) is 73.9 Å². The lowest BCUT2D eigenvalue weighted by Gasteiger charge is -2.20. The van der Waals surface area contributed by atoms with Crippen molar-refractivity contribution < 1.29 is 47.7 Å². The van der Waals surface area contributed by atoms with E-state index in [-0.39, 0.29) is 16.7 Å². The SMILES string of the molecule is COc1ccc(NC(=O)COC(=O)c2ccc3c(c2)C(=O)N(C(C)C(=O)OCC(=O)Nc2ccc(OC)cc2)C3=O)cc1. The number of amides is 4. The molecular weight excluding hydrogens is 562 g/mol. The minimum Gasteiger partial charge on any atom is -0.497 e. The Hall–Kier alpha value is -5.72. The van der Waals surface area contributed by atoms with Gasteiger partial charge in [-0.2, -0.15) is 0 Å². The molecule has 4 amide bonds. The van der Waals surface area contributed by atoms with Gasteiger partial charge in [-0.05, 0) is 73.7 Å². The zero-order chi connectivity index (χ0) is 31.1. The van der Waals surface area contributed by atoms with E-state index in [4.69, 9.17) is 18.9 Å². The number of hydrogen-bond acceptors (Lipinski definition) is 10. The third-order valence-electron chi connectivity index (χ3n) is 6.31. The first-order valence-electron chi connectivity index (χ1n) is 12.8. The van der Waals surface area contributed by atoms with Gasteiger partial charge in [0, 0.05) is 11.4 Å². The predicted octanol–water partition coefficient (Wildman–Crippen LogP) is 2.67. The molecule has 1 atom stereocenters. The number of nitrogens with zero attached hydrogens (tertiary/aromatic N) is 1. The fourth-order valence-corrected chi connectivity index (χ4v) is 4.06. The minimum absolute atomic E-state index is 0.0318. The number of benzene rings is 3. The maximum Gasteiger partial charge on any atom is 0.338 e. The summed E-state index contributed by atoms with van der Waals surface area (Å²) in [5.74, 6) is -3.52. The summed E-state index contributed by atoms with van der Waals surface area (Å²) in [5, 5.41) is 5.11. The van der Waals surface area contributed by atoms with E-state index in [1.807, 2.05) is 0 Å². The van der Waals surface area contributed by atoms with Crippen molar-refractivity contribution >= 4 is 46.9 Å². The van der Waals surface area contributed by atoms with Gasteiger partial charge in [0.15, 0.2) is 13.2 Å². The van der Waals surface area contributed by atoms with Crippen LogP contribution < -0.4 is 20.1 Å². The average Bonchev–Trinajstić information content (AvgIpc) is 3.27. The Morgan fingerprint density at radius 3 is 1.70 bits per heavy atom. The number of nitrogens with one attached hydrogen (secondary N) is 2. The molecule has 1 aliphatic rings. The molecule has 0 saturated heterocycles. The summed E-state index contributed by atoms with van der Waals surface area (Å²) in [5.41, 5.74) is 0.677. The third-order valence-corrected chi connectivity index (χ3v) is 6.31. The van der Waals surface area contributed by atoms with Crippen molar-refractivity contribution in [2.75, 3.05) is 38.1 Å². The van der Waals surface area contributed by atoms with Gasteiger partial charge in [-0.25, -0.2) is 9.59 Å². The topological polar surface area (TPSA) is 167 Å². The van der Waals surface area contributed by atoms with Gasteiger partial charge in [0.2, 0.25) is 0 Å². The number of carbonyl (C=O) groups is 6. The van der Waals surface area contributed by atoms with Crippen molar-refractivity contribution in [1.82, 2.24) is 4.90 Å². The highest BCUT2D eigenvalue weighted by molar-refractivity contribution is 6.23. The second kappa shape index (κ2) is 13.3. The molecular formula is C30H27N3O10. The Morgan fingerprint density at radius 2 is 1.19 bits per heavy atom. The summed E-state index contributed by atoms with van der Waals surface area (Å²) >= 11 is 0. The Bertz CT molecular complexity index is 1570. The van der Waals surface area contributed by atoms with Crippen LogP contribution in [0.1, 0.15) is 38.0 Å². The van der Waals surface area contributed by atoms with Gasteiger partial charge >= 0.3 is 11.9 Å². The Morgan fingerprint density at radius 1 is 0.698 bits per heavy atom. The predicted molar refractivity (Wildman–Crippen MR) is 151 cm³/mol. The number of rotatable bonds is 11. The maximum absolute atomic E-state index is 13.1. The van der Waals surface area contributed by atoms with Gasteiger partial charge in [-0.15, -0.1) is 0 Å². The van der Waals surface area contributed by atoms with Crippen LogP contribution in [0.3, 0.4) is 0 Å². The van der Waals surface area contributed by atoms with Crippen LogP contribution in [0.4, 0.5) is 11.4 Å². The zero-order valence-electron chi connectivity index (χ0n) is 23.4. The molecule has 0 fully saturated rings. The van der Waals surface area contributed by atoms with Crippen molar-refractivity contribution in [2.24, 2.45) is 0 Å². The lowest BCUT2D eigenvalue weighted by molar-refractivity contribution is -0.150. The van der Waals surface area contributed by atoms with Crippen LogP contribution in [0.5, 0.6) is 11.5 Å². The summed E-state index contributed by atoms with van der Waals surface area (Å²) in [6.45, 7) is 0.0261. The van der Waals surface area contributed by atoms with E-state index in [1.54, 1.807) is 48.5 Å². The van der Waals surface area contributed by atoms with E-state index >= 15 is 0 Å². The number of carbonyl (C=O) groups excluding carboxylic acids is 6. The second-order valence-electron chi connectivity index (χ2n) is 9.15. The first-order valence-corrected chi connectivity index (χ1v) is 12.8. The molecule has 43 heavy (non-hydrogen) atoms. The third kappa shape index (κ3) is 7.14. The highest BCUT2D eigenvalue weighted by Crippen LogP contribution is 2.27. The smallest absolute Gasteiger partial charge is 0.338 e. The number of anilines is 2. The Kier molecular flexibility index (Phi) is 9.35. The fraction of sp³-hybridized carbons (Fsp3) is 0.200. The molecule has 3 aromatic rings. The van der Waals surface area contributed by atoms with Gasteiger partial charge in [0.25, 0.3) is 23.6 Å². The monoisotopic (exact) mass is 589 g/mol. The van der Waals surface area contributed by atoms with Crippen molar-refractivity contribution in [3.05, 3.63) is 83.4 Å². The van der Waals surface area contributed by atoms with Crippen LogP contribution in [0, 0.1) is 0 Å². The Labute approximate surface area is 245 Å². The van der Waals surface area contributed by atoms with Gasteiger partial charge < -0.3 is 29.6 Å². The van der Waals surface area contributed by atoms with E-state index in [1.165, 1.54) is 33.3 Å². The molecule has 0 radical (unpaired) electrons. The minimum atomic E-state index is -1.36. The van der Waals surface area contributed by atoms with E-state index in [0.29, 0.717) is 27.8 Å². The zero-order valence-corrected chi connectivity index (χ0v) is 23.4. The highest BCUT2D eigenvalue weighted by Gasteiger charge is 2.42. The fourth-order valence-electron chi connectivity index (χ4n) is 4.06. The molecule has 0 spiro atoms. The molecule has 13 heteroatoms. The van der Waals surface area contributed by atoms with Crippen LogP contribution in [0.2, 0.25) is 0 Å². The van der Waals surface area contributed by atoms with Gasteiger partial charge in [0.05, 0.1) is 30.9 Å². The van der Waals surface area contributed by atoms with E-state index in [9.17, 15) is 28.8 Å². The largest absolute Gasteiger partial charge is 0.497 e. The molecule has 0 aliphatic carbocycles. The summed E-state index contributed by atoms with van der Waals surface area (Å²) < 4.78 is 20.2. The molecule has 3 aromatic carbocycles. The van der Waals surface area contributed by atoms with Crippen LogP contribution >= 0.6 is 0 Å². The number of methoxy groups -OCH3 is 2. The van der Waals surface area contributed by atoms with Gasteiger partial charge in [-0.1, -0.05) is 0 Å². The standard InChI is InChI=1S/C30H27N3O10/c1-17(29(38)42-15-25(34)31-19-5-9-21(40-2)10-6-19)33-27(36)23-13-4-18(14-24(23)28(33)37)30(39)43-16-26(35)32-20-7-11-22(41-3)12-8-20/h4-14,17H,15-16H2,1-3H3,(H,31,34)(H,32,35). The summed E-state index contributed by atoms with van der Waals surface area (Å²) in [4.78, 5) is 76.2. The van der Waals surface area contributed by atoms with E-state index < -0.39 is 54.8 Å². The summed E-state index contributed by atoms with van der Waals surface area (Å²) in [6.07, 6.45) is 0. The molecule has 222 valence electrons. The first kappa shape index (κ1) is 30.2. The Balaban J connectivity index is 1.31. The average molecular weight is 590 g/mol. The highest BCUT2D eigenvalue weighted by atomic mass is 16.5. The quantitative estimate of drug-likeness (QED) is 0.251. The van der Waals surface area contributed by atoms with Crippen LogP contribution in [0.15, 0.2) is 66.7 Å². The number of ether oxygens (including phenoxy) is 4. The lowest BCUT2D eigenvalue weighted by atomic mass is 10.1. The molecule has 0 bridgehead atoms. The first-order chi connectivity index (χ1) is 20.6. The molecule has 13 nitrogen and oxygen atoms in total. The molecule has 0 aromatic heterocycles. The van der Waals surface area contributed by atoms with Crippen LogP contribution in [0.25, 0.3) is 0 Å². The van der Waals surface area contributed by atoms with Crippen molar-refractivity contribution in [1.29, 1.82) is 0 Å². The summed E-state index contributed by atoms with van der Waals surface area (Å²) in [6, 6.07) is 15.3. The lowest BCUT2D eigenvalue weighted by Crippen LogP contribution is -2.44. The molecule has 0 saturated carbocycles.